The van der Waals surface area contributed by atoms with Crippen LogP contribution in [0.2, 0.25) is 0 Å². The van der Waals surface area contributed by atoms with Gasteiger partial charge in [-0.3, -0.25) is 0 Å². The van der Waals surface area contributed by atoms with Gasteiger partial charge in [-0.05, 0) is 50.7 Å². The predicted octanol–water partition coefficient (Wildman–Crippen LogP) is 6.90. The number of nitrogens with zero attached hydrogens (tertiary/aromatic N) is 1. The molecule has 0 N–H and O–H groups in total. The van der Waals surface area contributed by atoms with E-state index < -0.39 is 0 Å². The van der Waals surface area contributed by atoms with Crippen molar-refractivity contribution in [2.45, 2.75) is 9.79 Å². The quantitative estimate of drug-likeness (QED) is 0.190. The van der Waals surface area contributed by atoms with Gasteiger partial charge in [0.2, 0.25) is 13.4 Å². The first-order valence-corrected chi connectivity index (χ1v) is 17.6. The van der Waals surface area contributed by atoms with Crippen LogP contribution in [-0.2, 0) is 0 Å². The van der Waals surface area contributed by atoms with Crippen molar-refractivity contribution in [3.05, 3.63) is 164 Å². The van der Waals surface area contributed by atoms with Crippen molar-refractivity contribution in [1.82, 2.24) is 4.57 Å². The largest absolute Gasteiger partial charge is 0.310 e. The number of aromatic nitrogens is 1. The van der Waals surface area contributed by atoms with Gasteiger partial charge in [0.1, 0.15) is 0 Å². The fraction of sp³-hybridized carbons (Fsp3) is 0. The maximum absolute atomic E-state index is 2.57. The Hall–Kier alpha value is -5.44. The van der Waals surface area contributed by atoms with Crippen LogP contribution in [0.15, 0.2) is 174 Å². The Balaban J connectivity index is 1.28. The second kappa shape index (κ2) is 10.0. The van der Waals surface area contributed by atoms with Crippen LogP contribution in [0.5, 0.6) is 0 Å². The van der Waals surface area contributed by atoms with E-state index in [0.29, 0.717) is 0 Å². The lowest BCUT2D eigenvalue weighted by atomic mass is 9.33. The lowest BCUT2D eigenvalue weighted by molar-refractivity contribution is 1.18. The first kappa shape index (κ1) is 26.6. The fourth-order valence-electron chi connectivity index (χ4n) is 8.81. The van der Waals surface area contributed by atoms with Crippen LogP contribution >= 0.6 is 11.8 Å². The number of benzene rings is 8. The third-order valence-electron chi connectivity index (χ3n) is 10.8. The zero-order chi connectivity index (χ0) is 31.3. The van der Waals surface area contributed by atoms with E-state index in [1.807, 2.05) is 11.8 Å². The highest BCUT2D eigenvalue weighted by atomic mass is 32.2. The molecule has 0 fully saturated rings. The fourth-order valence-corrected chi connectivity index (χ4v) is 9.98. The van der Waals surface area contributed by atoms with Gasteiger partial charge in [0.05, 0.1) is 5.52 Å². The second-order valence-corrected chi connectivity index (χ2v) is 14.3. The summed E-state index contributed by atoms with van der Waals surface area (Å²) in [4.78, 5) is 2.69. The van der Waals surface area contributed by atoms with Gasteiger partial charge in [0, 0.05) is 31.8 Å². The van der Waals surface area contributed by atoms with E-state index >= 15 is 0 Å². The molecule has 0 bridgehead atoms. The van der Waals surface area contributed by atoms with Crippen LogP contribution in [0.4, 0.5) is 0 Å². The molecule has 3 heterocycles. The predicted molar refractivity (Wildman–Crippen MR) is 209 cm³/mol. The molecule has 0 unspecified atom stereocenters. The van der Waals surface area contributed by atoms with Crippen LogP contribution in [0, 0.1) is 0 Å². The summed E-state index contributed by atoms with van der Waals surface area (Å²) in [7, 11) is 0. The molecule has 4 heteroatoms. The monoisotopic (exact) mass is 623 g/mol. The minimum atomic E-state index is 0.102. The lowest BCUT2D eigenvalue weighted by Gasteiger charge is -2.33. The Kier molecular flexibility index (Phi) is 5.56. The summed E-state index contributed by atoms with van der Waals surface area (Å²) in [5.74, 6) is 0. The number of fused-ring (bicyclic) bond motifs is 9. The molecule has 2 aliphatic rings. The van der Waals surface area contributed by atoms with Crippen molar-refractivity contribution in [2.24, 2.45) is 0 Å². The van der Waals surface area contributed by atoms with E-state index in [0.717, 1.165) is 0 Å². The molecule has 11 rings (SSSR count). The molecule has 0 saturated heterocycles. The average Bonchev–Trinajstić information content (AvgIpc) is 3.49. The molecule has 0 spiro atoms. The molecule has 0 atom stereocenters. The molecule has 8 aromatic carbocycles. The van der Waals surface area contributed by atoms with Gasteiger partial charge in [0.15, 0.2) is 0 Å². The summed E-state index contributed by atoms with van der Waals surface area (Å²) in [6, 6.07) is 61.4. The molecule has 0 saturated carbocycles. The first-order chi connectivity index (χ1) is 23.8. The Morgan fingerprint density at radius 2 is 0.917 bits per heavy atom. The van der Waals surface area contributed by atoms with Crippen LogP contribution in [0.3, 0.4) is 0 Å². The van der Waals surface area contributed by atoms with E-state index in [4.69, 9.17) is 0 Å². The van der Waals surface area contributed by atoms with Crippen molar-refractivity contribution in [3.8, 4) is 5.69 Å². The van der Waals surface area contributed by atoms with Crippen molar-refractivity contribution >= 4 is 101 Å². The molecule has 9 aromatic rings. The van der Waals surface area contributed by atoms with Gasteiger partial charge in [-0.25, -0.2) is 0 Å². The molecule has 1 aromatic heterocycles. The van der Waals surface area contributed by atoms with Gasteiger partial charge in [-0.2, -0.15) is 0 Å². The van der Waals surface area contributed by atoms with Crippen LogP contribution in [-0.4, -0.2) is 18.0 Å². The molecule has 0 amide bonds. The molecule has 48 heavy (non-hydrogen) atoms. The van der Waals surface area contributed by atoms with Gasteiger partial charge in [-0.1, -0.05) is 179 Å². The Labute approximate surface area is 284 Å². The van der Waals surface area contributed by atoms with E-state index in [1.165, 1.54) is 91.6 Å². The summed E-state index contributed by atoms with van der Waals surface area (Å²) in [5.41, 5.74) is 12.1. The average molecular weight is 623 g/mol. The summed E-state index contributed by atoms with van der Waals surface area (Å²) in [6.45, 7) is 0.227. The maximum Gasteiger partial charge on any atom is 0.247 e. The zero-order valence-electron chi connectivity index (χ0n) is 26.1. The van der Waals surface area contributed by atoms with Crippen molar-refractivity contribution in [2.75, 3.05) is 0 Å². The Morgan fingerprint density at radius 3 is 1.69 bits per heavy atom. The highest BCUT2D eigenvalue weighted by Crippen LogP contribution is 2.36. The molecule has 220 valence electrons. The van der Waals surface area contributed by atoms with Gasteiger partial charge < -0.3 is 4.57 Å². The normalized spacial score (nSPS) is 13.2. The molecule has 1 nitrogen and oxygen atoms in total. The van der Waals surface area contributed by atoms with E-state index in [1.54, 1.807) is 0 Å². The summed E-state index contributed by atoms with van der Waals surface area (Å²) in [5, 5.41) is 7.84. The van der Waals surface area contributed by atoms with Crippen LogP contribution in [0.1, 0.15) is 0 Å². The highest BCUT2D eigenvalue weighted by molar-refractivity contribution is 8.00. The Bertz CT molecular complexity index is 2790. The number of hydrogen-bond donors (Lipinski definition) is 0. The second-order valence-electron chi connectivity index (χ2n) is 13.2. The maximum atomic E-state index is 2.57. The SMILES string of the molecule is c1ccc2c(c1)Sc1cc3c(cc1B2c1cccc2ccccc12)-n1c2ccccc2c2cccc(c21)B3c1cccc2ccccc12. The standard InChI is InChI=1S/C44H27B2NS/c1-3-16-30-28(12-1)14-9-21-34(30)45-36-20-6-8-25-42(36)48-43-27-38-41(26-39(43)45)47-40-24-7-5-18-32(40)33-19-11-23-37(44(33)47)46(38)35-22-10-15-29-13-2-4-17-31(29)35/h1-27H. The third-order valence-corrected chi connectivity index (χ3v) is 11.9. The topological polar surface area (TPSA) is 4.93 Å². The lowest BCUT2D eigenvalue weighted by Crippen LogP contribution is -2.59. The minimum Gasteiger partial charge on any atom is -0.310 e. The van der Waals surface area contributed by atoms with Crippen molar-refractivity contribution < 1.29 is 0 Å². The van der Waals surface area contributed by atoms with Gasteiger partial charge in [-0.15, -0.1) is 0 Å². The smallest absolute Gasteiger partial charge is 0.247 e. The van der Waals surface area contributed by atoms with Crippen molar-refractivity contribution in [3.63, 3.8) is 0 Å². The number of para-hydroxylation sites is 2. The number of hydrogen-bond acceptors (Lipinski definition) is 1. The first-order valence-electron chi connectivity index (χ1n) is 16.8. The van der Waals surface area contributed by atoms with Crippen LogP contribution in [0.25, 0.3) is 49.0 Å². The van der Waals surface area contributed by atoms with Crippen LogP contribution < -0.4 is 32.8 Å². The molecular formula is C44H27B2NS. The Morgan fingerprint density at radius 1 is 0.375 bits per heavy atom. The summed E-state index contributed by atoms with van der Waals surface area (Å²) < 4.78 is 2.57. The molecule has 0 radical (unpaired) electrons. The highest BCUT2D eigenvalue weighted by Gasteiger charge is 2.38. The van der Waals surface area contributed by atoms with Gasteiger partial charge in [0.25, 0.3) is 0 Å². The van der Waals surface area contributed by atoms with E-state index in [2.05, 4.69) is 168 Å². The minimum absolute atomic E-state index is 0.102. The third kappa shape index (κ3) is 3.61. The summed E-state index contributed by atoms with van der Waals surface area (Å²) >= 11 is 1.93. The molecular weight excluding hydrogens is 596 g/mol. The van der Waals surface area contributed by atoms with E-state index in [9.17, 15) is 0 Å². The summed E-state index contributed by atoms with van der Waals surface area (Å²) in [6.07, 6.45) is 0. The van der Waals surface area contributed by atoms with Crippen molar-refractivity contribution in [1.29, 1.82) is 0 Å². The zero-order valence-corrected chi connectivity index (χ0v) is 26.9. The van der Waals surface area contributed by atoms with E-state index in [-0.39, 0.29) is 13.4 Å². The number of rotatable bonds is 2. The molecule has 2 aliphatic heterocycles. The van der Waals surface area contributed by atoms with Gasteiger partial charge >= 0.3 is 0 Å². The molecule has 0 aliphatic carbocycles.